The van der Waals surface area contributed by atoms with Gasteiger partial charge in [0.05, 0.1) is 18.8 Å². The molecular formula is C26H23N3O2S2. The molecule has 7 heteroatoms. The van der Waals surface area contributed by atoms with Crippen molar-refractivity contribution < 1.29 is 9.15 Å². The summed E-state index contributed by atoms with van der Waals surface area (Å²) in [4.78, 5) is 7.81. The van der Waals surface area contributed by atoms with Gasteiger partial charge in [0.25, 0.3) is 0 Å². The summed E-state index contributed by atoms with van der Waals surface area (Å²) in [5.74, 6) is 1.58. The molecule has 0 aliphatic carbocycles. The van der Waals surface area contributed by atoms with Crippen LogP contribution in [0.25, 0.3) is 0 Å². The highest BCUT2D eigenvalue weighted by Crippen LogP contribution is 2.43. The summed E-state index contributed by atoms with van der Waals surface area (Å²) in [5.41, 5.74) is 3.07. The minimum absolute atomic E-state index is 0.159. The Morgan fingerprint density at radius 2 is 1.88 bits per heavy atom. The van der Waals surface area contributed by atoms with E-state index in [1.54, 1.807) is 25.1 Å². The maximum atomic E-state index is 6.37. The van der Waals surface area contributed by atoms with Gasteiger partial charge in [-0.05, 0) is 67.7 Å². The molecule has 0 spiro atoms. The van der Waals surface area contributed by atoms with Crippen LogP contribution < -0.4 is 15.0 Å². The quantitative estimate of drug-likeness (QED) is 0.329. The zero-order chi connectivity index (χ0) is 22.8. The molecule has 2 aromatic heterocycles. The molecule has 0 unspecified atom stereocenters. The first-order chi connectivity index (χ1) is 16.1. The minimum Gasteiger partial charge on any atom is -0.497 e. The Labute approximate surface area is 202 Å². The molecular weight excluding hydrogens is 450 g/mol. The molecule has 4 aromatic rings. The number of methoxy groups -OCH3 is 1. The van der Waals surface area contributed by atoms with E-state index in [4.69, 9.17) is 21.4 Å². The summed E-state index contributed by atoms with van der Waals surface area (Å²) >= 11 is 7.38. The number of ether oxygens (including phenoxy) is 1. The van der Waals surface area contributed by atoms with E-state index in [-0.39, 0.29) is 12.1 Å². The number of benzene rings is 2. The second-order valence-corrected chi connectivity index (χ2v) is 9.23. The van der Waals surface area contributed by atoms with E-state index in [9.17, 15) is 0 Å². The van der Waals surface area contributed by atoms with Crippen LogP contribution in [0.5, 0.6) is 5.75 Å². The predicted molar refractivity (Wildman–Crippen MR) is 135 cm³/mol. The first-order valence-corrected chi connectivity index (χ1v) is 11.8. The Balaban J connectivity index is 1.53. The van der Waals surface area contributed by atoms with Gasteiger partial charge in [-0.15, -0.1) is 0 Å². The molecule has 1 saturated heterocycles. The van der Waals surface area contributed by atoms with Crippen molar-refractivity contribution >= 4 is 34.8 Å². The fourth-order valence-electron chi connectivity index (χ4n) is 3.95. The SMILES string of the molecule is COc1cccc(N2C(=S)N[C@@H](c3ccccn3)[C@@H]2c2ccc(Sc3ccc(C)cc3)o2)c1. The monoisotopic (exact) mass is 473 g/mol. The fraction of sp³-hybridized carbons (Fsp3) is 0.154. The highest BCUT2D eigenvalue weighted by Gasteiger charge is 2.42. The van der Waals surface area contributed by atoms with Crippen LogP contribution >= 0.6 is 24.0 Å². The van der Waals surface area contributed by atoms with E-state index < -0.39 is 0 Å². The molecule has 5 nitrogen and oxygen atoms in total. The highest BCUT2D eigenvalue weighted by atomic mass is 32.2. The number of hydrogen-bond donors (Lipinski definition) is 1. The average molecular weight is 474 g/mol. The van der Waals surface area contributed by atoms with Gasteiger partial charge in [-0.2, -0.15) is 0 Å². The molecule has 1 aliphatic rings. The van der Waals surface area contributed by atoms with Crippen LogP contribution in [0.2, 0.25) is 0 Å². The Morgan fingerprint density at radius 3 is 2.64 bits per heavy atom. The lowest BCUT2D eigenvalue weighted by Gasteiger charge is -2.26. The lowest BCUT2D eigenvalue weighted by molar-refractivity contribution is 0.383. The summed E-state index contributed by atoms with van der Waals surface area (Å²) in [6, 6.07) is 25.9. The van der Waals surface area contributed by atoms with Gasteiger partial charge in [0.15, 0.2) is 10.2 Å². The van der Waals surface area contributed by atoms with Crippen LogP contribution in [0.3, 0.4) is 0 Å². The largest absolute Gasteiger partial charge is 0.497 e. The van der Waals surface area contributed by atoms with E-state index in [1.165, 1.54) is 5.56 Å². The van der Waals surface area contributed by atoms with Gasteiger partial charge in [-0.1, -0.05) is 41.6 Å². The van der Waals surface area contributed by atoms with Crippen molar-refractivity contribution in [3.05, 3.63) is 102 Å². The van der Waals surface area contributed by atoms with Gasteiger partial charge in [0.1, 0.15) is 17.6 Å². The molecule has 2 aromatic carbocycles. The van der Waals surface area contributed by atoms with E-state index in [2.05, 4.69) is 46.4 Å². The highest BCUT2D eigenvalue weighted by molar-refractivity contribution is 7.99. The van der Waals surface area contributed by atoms with Crippen LogP contribution in [0, 0.1) is 6.92 Å². The first-order valence-electron chi connectivity index (χ1n) is 10.6. The number of aromatic nitrogens is 1. The Bertz CT molecular complexity index is 1260. The summed E-state index contributed by atoms with van der Waals surface area (Å²) in [5, 5.41) is 4.91. The lowest BCUT2D eigenvalue weighted by atomic mass is 10.0. The number of aryl methyl sites for hydroxylation is 1. The van der Waals surface area contributed by atoms with Crippen molar-refractivity contribution in [3.8, 4) is 5.75 Å². The Morgan fingerprint density at radius 1 is 1.03 bits per heavy atom. The second-order valence-electron chi connectivity index (χ2n) is 7.77. The van der Waals surface area contributed by atoms with Crippen molar-refractivity contribution in [2.24, 2.45) is 0 Å². The third-order valence-corrected chi connectivity index (χ3v) is 6.81. The lowest BCUT2D eigenvalue weighted by Crippen LogP contribution is -2.29. The predicted octanol–water partition coefficient (Wildman–Crippen LogP) is 6.32. The zero-order valence-corrected chi connectivity index (χ0v) is 19.9. The van der Waals surface area contributed by atoms with Gasteiger partial charge in [0.2, 0.25) is 0 Å². The van der Waals surface area contributed by atoms with Crippen molar-refractivity contribution in [3.63, 3.8) is 0 Å². The van der Waals surface area contributed by atoms with Gasteiger partial charge in [0, 0.05) is 22.8 Å². The maximum Gasteiger partial charge on any atom is 0.174 e. The third-order valence-electron chi connectivity index (χ3n) is 5.56. The average Bonchev–Trinajstić information content (AvgIpc) is 3.45. The van der Waals surface area contributed by atoms with Crippen molar-refractivity contribution in [2.75, 3.05) is 12.0 Å². The molecule has 5 rings (SSSR count). The van der Waals surface area contributed by atoms with Crippen LogP contribution in [-0.2, 0) is 0 Å². The van der Waals surface area contributed by atoms with Crippen molar-refractivity contribution in [1.29, 1.82) is 0 Å². The molecule has 0 saturated carbocycles. The topological polar surface area (TPSA) is 50.5 Å². The summed E-state index contributed by atoms with van der Waals surface area (Å²) in [6.45, 7) is 2.08. The molecule has 0 amide bonds. The standard InChI is InChI=1S/C26H23N3O2S2/c1-17-9-11-20(12-10-17)33-23-14-13-22(31-23)25-24(21-8-3-4-15-27-21)28-26(32)29(25)18-6-5-7-19(16-18)30-2/h3-16,24-25H,1-2H3,(H,28,32)/t24-,25-/m0/s1. The molecule has 33 heavy (non-hydrogen) atoms. The second kappa shape index (κ2) is 9.29. The van der Waals surface area contributed by atoms with Crippen LogP contribution in [-0.4, -0.2) is 17.2 Å². The molecule has 1 fully saturated rings. The van der Waals surface area contributed by atoms with Crippen molar-refractivity contribution in [2.45, 2.75) is 29.0 Å². The smallest absolute Gasteiger partial charge is 0.174 e. The third kappa shape index (κ3) is 4.47. The van der Waals surface area contributed by atoms with Gasteiger partial charge < -0.3 is 19.4 Å². The Kier molecular flexibility index (Phi) is 6.07. The van der Waals surface area contributed by atoms with Gasteiger partial charge in [-0.3, -0.25) is 4.98 Å². The molecule has 2 atom stereocenters. The van der Waals surface area contributed by atoms with Crippen molar-refractivity contribution in [1.82, 2.24) is 10.3 Å². The van der Waals surface area contributed by atoms with Crippen LogP contribution in [0.4, 0.5) is 5.69 Å². The zero-order valence-electron chi connectivity index (χ0n) is 18.3. The van der Waals surface area contributed by atoms with E-state index in [1.807, 2.05) is 54.6 Å². The molecule has 0 radical (unpaired) electrons. The molecule has 3 heterocycles. The van der Waals surface area contributed by atoms with Crippen LogP contribution in [0.15, 0.2) is 99.5 Å². The number of thiocarbonyl (C=S) groups is 1. The molecule has 0 bridgehead atoms. The number of nitrogens with zero attached hydrogens (tertiary/aromatic N) is 2. The summed E-state index contributed by atoms with van der Waals surface area (Å²) < 4.78 is 11.8. The number of rotatable bonds is 6. The number of hydrogen-bond acceptors (Lipinski definition) is 5. The normalized spacial score (nSPS) is 17.8. The minimum atomic E-state index is -0.202. The van der Waals surface area contributed by atoms with Gasteiger partial charge >= 0.3 is 0 Å². The summed E-state index contributed by atoms with van der Waals surface area (Å²) in [6.07, 6.45) is 1.80. The van der Waals surface area contributed by atoms with Gasteiger partial charge in [-0.25, -0.2) is 0 Å². The number of furan rings is 1. The van der Waals surface area contributed by atoms with E-state index >= 15 is 0 Å². The fourth-order valence-corrected chi connectivity index (χ4v) is 5.08. The number of pyridine rings is 1. The molecule has 1 N–H and O–H groups in total. The molecule has 1 aliphatic heterocycles. The van der Waals surface area contributed by atoms with E-state index in [0.29, 0.717) is 5.11 Å². The maximum absolute atomic E-state index is 6.37. The molecule has 166 valence electrons. The summed E-state index contributed by atoms with van der Waals surface area (Å²) in [7, 11) is 1.66. The Hall–Kier alpha value is -3.29. The number of nitrogens with one attached hydrogen (secondary N) is 1. The van der Waals surface area contributed by atoms with Crippen LogP contribution in [0.1, 0.15) is 29.1 Å². The number of anilines is 1. The van der Waals surface area contributed by atoms with E-state index in [0.717, 1.165) is 32.9 Å². The first kappa shape index (κ1) is 21.6.